The highest BCUT2D eigenvalue weighted by Crippen LogP contribution is 2.27. The van der Waals surface area contributed by atoms with Crippen molar-refractivity contribution in [3.8, 4) is 0 Å². The van der Waals surface area contributed by atoms with Gasteiger partial charge in [0.2, 0.25) is 0 Å². The van der Waals surface area contributed by atoms with Crippen molar-refractivity contribution in [3.63, 3.8) is 0 Å². The van der Waals surface area contributed by atoms with Crippen molar-refractivity contribution >= 4 is 27.5 Å². The number of hydrogen-bond acceptors (Lipinski definition) is 4. The average Bonchev–Trinajstić information content (AvgIpc) is 2.95. The molecule has 1 N–H and O–H groups in total. The fourth-order valence-electron chi connectivity index (χ4n) is 2.75. The fraction of sp³-hybridized carbons (Fsp3) is 0.400. The lowest BCUT2D eigenvalue weighted by molar-refractivity contribution is 0.0921. The predicted molar refractivity (Wildman–Crippen MR) is 87.8 cm³/mol. The molecule has 2 aromatic heterocycles. The van der Waals surface area contributed by atoms with Gasteiger partial charge in [0, 0.05) is 44.8 Å². The third-order valence-electron chi connectivity index (χ3n) is 3.98. The second-order valence-electron chi connectivity index (χ2n) is 5.40. The van der Waals surface area contributed by atoms with Crippen LogP contribution in [-0.4, -0.2) is 39.8 Å². The minimum atomic E-state index is -0.0523. The van der Waals surface area contributed by atoms with Crippen LogP contribution >= 0.6 is 15.9 Å². The molecule has 1 aliphatic heterocycles. The lowest BCUT2D eigenvalue weighted by Gasteiger charge is -2.34. The summed E-state index contributed by atoms with van der Waals surface area (Å²) in [7, 11) is 1.78. The quantitative estimate of drug-likeness (QED) is 0.905. The molecule has 6 nitrogen and oxygen atoms in total. The third kappa shape index (κ3) is 3.14. The Morgan fingerprint density at radius 2 is 2.09 bits per heavy atom. The molecule has 116 valence electrons. The van der Waals surface area contributed by atoms with E-state index in [1.807, 2.05) is 12.3 Å². The van der Waals surface area contributed by atoms with Crippen LogP contribution in [0.2, 0.25) is 0 Å². The van der Waals surface area contributed by atoms with E-state index in [2.05, 4.69) is 36.2 Å². The van der Waals surface area contributed by atoms with E-state index < -0.39 is 0 Å². The van der Waals surface area contributed by atoms with Gasteiger partial charge in [-0.3, -0.25) is 14.5 Å². The first-order chi connectivity index (χ1) is 10.6. The summed E-state index contributed by atoms with van der Waals surface area (Å²) in [6, 6.07) is 3.95. The summed E-state index contributed by atoms with van der Waals surface area (Å²) in [6.07, 6.45) is 7.11. The Bertz CT molecular complexity index is 663. The molecule has 1 aliphatic rings. The van der Waals surface area contributed by atoms with Crippen LogP contribution < -0.4 is 10.2 Å². The Hall–Kier alpha value is -1.89. The molecule has 2 aromatic rings. The van der Waals surface area contributed by atoms with Gasteiger partial charge in [-0.05, 0) is 40.9 Å². The van der Waals surface area contributed by atoms with Crippen molar-refractivity contribution in [3.05, 3.63) is 40.9 Å². The summed E-state index contributed by atoms with van der Waals surface area (Å²) in [6.45, 7) is 1.83. The molecule has 1 fully saturated rings. The minimum Gasteiger partial charge on any atom is -0.370 e. The summed E-state index contributed by atoms with van der Waals surface area (Å²) in [5.41, 5.74) is 1.76. The van der Waals surface area contributed by atoms with Gasteiger partial charge in [-0.15, -0.1) is 0 Å². The van der Waals surface area contributed by atoms with Crippen molar-refractivity contribution < 1.29 is 4.79 Å². The van der Waals surface area contributed by atoms with Gasteiger partial charge in [-0.1, -0.05) is 0 Å². The molecule has 0 atom stereocenters. The Labute approximate surface area is 137 Å². The number of anilines is 1. The Morgan fingerprint density at radius 3 is 2.73 bits per heavy atom. The highest BCUT2D eigenvalue weighted by Gasteiger charge is 2.23. The lowest BCUT2D eigenvalue weighted by atomic mass is 10.0. The monoisotopic (exact) mass is 363 g/mol. The SMILES string of the molecule is Cn1nccc1C(=O)NC1CCN(c2ccncc2Br)CC1. The maximum Gasteiger partial charge on any atom is 0.269 e. The number of halogens is 1. The lowest BCUT2D eigenvalue weighted by Crippen LogP contribution is -2.45. The largest absolute Gasteiger partial charge is 0.370 e. The van der Waals surface area contributed by atoms with E-state index in [4.69, 9.17) is 0 Å². The van der Waals surface area contributed by atoms with Gasteiger partial charge in [-0.2, -0.15) is 5.10 Å². The number of rotatable bonds is 3. The Morgan fingerprint density at radius 1 is 1.32 bits per heavy atom. The van der Waals surface area contributed by atoms with Gasteiger partial charge in [0.1, 0.15) is 5.69 Å². The van der Waals surface area contributed by atoms with Crippen molar-refractivity contribution in [1.82, 2.24) is 20.1 Å². The van der Waals surface area contributed by atoms with Crippen LogP contribution in [0.15, 0.2) is 35.2 Å². The average molecular weight is 364 g/mol. The van der Waals surface area contributed by atoms with Crippen LogP contribution in [0.5, 0.6) is 0 Å². The molecule has 7 heteroatoms. The van der Waals surface area contributed by atoms with Crippen LogP contribution in [-0.2, 0) is 7.05 Å². The molecule has 0 saturated carbocycles. The van der Waals surface area contributed by atoms with Crippen LogP contribution in [0.3, 0.4) is 0 Å². The number of aromatic nitrogens is 3. The number of carbonyl (C=O) groups is 1. The first-order valence-corrected chi connectivity index (χ1v) is 8.08. The summed E-state index contributed by atoms with van der Waals surface area (Å²) in [5, 5.41) is 7.13. The van der Waals surface area contributed by atoms with E-state index >= 15 is 0 Å². The molecule has 1 amide bonds. The van der Waals surface area contributed by atoms with Crippen molar-refractivity contribution in [1.29, 1.82) is 0 Å². The van der Waals surface area contributed by atoms with Gasteiger partial charge in [-0.25, -0.2) is 0 Å². The first kappa shape index (κ1) is 15.0. The smallest absolute Gasteiger partial charge is 0.269 e. The van der Waals surface area contributed by atoms with Gasteiger partial charge in [0.05, 0.1) is 10.2 Å². The van der Waals surface area contributed by atoms with Crippen molar-refractivity contribution in [2.45, 2.75) is 18.9 Å². The second-order valence-corrected chi connectivity index (χ2v) is 6.26. The number of amides is 1. The molecule has 22 heavy (non-hydrogen) atoms. The molecule has 0 unspecified atom stereocenters. The zero-order valence-corrected chi connectivity index (χ0v) is 14.0. The summed E-state index contributed by atoms with van der Waals surface area (Å²) in [4.78, 5) is 18.6. The first-order valence-electron chi connectivity index (χ1n) is 7.28. The molecule has 1 saturated heterocycles. The maximum atomic E-state index is 12.2. The van der Waals surface area contributed by atoms with Gasteiger partial charge < -0.3 is 10.2 Å². The number of pyridine rings is 1. The van der Waals surface area contributed by atoms with Crippen LogP contribution in [0.4, 0.5) is 5.69 Å². The third-order valence-corrected chi connectivity index (χ3v) is 4.59. The molecule has 3 heterocycles. The van der Waals surface area contributed by atoms with E-state index in [1.165, 1.54) is 0 Å². The van der Waals surface area contributed by atoms with Crippen molar-refractivity contribution in [2.24, 2.45) is 7.05 Å². The van der Waals surface area contributed by atoms with Crippen molar-refractivity contribution in [2.75, 3.05) is 18.0 Å². The van der Waals surface area contributed by atoms with E-state index in [-0.39, 0.29) is 11.9 Å². The van der Waals surface area contributed by atoms with Gasteiger partial charge >= 0.3 is 0 Å². The van der Waals surface area contributed by atoms with Crippen LogP contribution in [0, 0.1) is 0 Å². The van der Waals surface area contributed by atoms with Crippen LogP contribution in [0.25, 0.3) is 0 Å². The van der Waals surface area contributed by atoms with Gasteiger partial charge in [0.15, 0.2) is 0 Å². The molecular formula is C15H18BrN5O. The van der Waals surface area contributed by atoms with E-state index in [0.29, 0.717) is 5.69 Å². The van der Waals surface area contributed by atoms with E-state index in [0.717, 1.165) is 36.1 Å². The molecule has 0 spiro atoms. The number of nitrogens with zero attached hydrogens (tertiary/aromatic N) is 4. The normalized spacial score (nSPS) is 15.8. The fourth-order valence-corrected chi connectivity index (χ4v) is 3.25. The number of carbonyl (C=O) groups excluding carboxylic acids is 1. The summed E-state index contributed by atoms with van der Waals surface area (Å²) in [5.74, 6) is -0.0523. The zero-order valence-electron chi connectivity index (χ0n) is 12.4. The topological polar surface area (TPSA) is 63.1 Å². The number of aryl methyl sites for hydroxylation is 1. The second kappa shape index (κ2) is 6.48. The molecular weight excluding hydrogens is 346 g/mol. The maximum absolute atomic E-state index is 12.2. The van der Waals surface area contributed by atoms with Crippen LogP contribution in [0.1, 0.15) is 23.3 Å². The Balaban J connectivity index is 1.57. The number of hydrogen-bond donors (Lipinski definition) is 1. The number of piperidine rings is 1. The van der Waals surface area contributed by atoms with E-state index in [1.54, 1.807) is 30.2 Å². The summed E-state index contributed by atoms with van der Waals surface area (Å²) >= 11 is 3.54. The molecule has 0 aliphatic carbocycles. The molecule has 3 rings (SSSR count). The van der Waals surface area contributed by atoms with Gasteiger partial charge in [0.25, 0.3) is 5.91 Å². The number of nitrogens with one attached hydrogen (secondary N) is 1. The Kier molecular flexibility index (Phi) is 4.42. The highest BCUT2D eigenvalue weighted by molar-refractivity contribution is 9.10. The predicted octanol–water partition coefficient (Wildman–Crippen LogP) is 1.98. The zero-order chi connectivity index (χ0) is 15.5. The molecule has 0 bridgehead atoms. The highest BCUT2D eigenvalue weighted by atomic mass is 79.9. The minimum absolute atomic E-state index is 0.0523. The summed E-state index contributed by atoms with van der Waals surface area (Å²) < 4.78 is 2.60. The standard InChI is InChI=1S/C15H18BrN5O/c1-20-14(3-7-18-20)15(22)19-11-4-8-21(9-5-11)13-2-6-17-10-12(13)16/h2-3,6-7,10-11H,4-5,8-9H2,1H3,(H,19,22). The molecule has 0 radical (unpaired) electrons. The molecule has 0 aromatic carbocycles. The van der Waals surface area contributed by atoms with E-state index in [9.17, 15) is 4.79 Å².